The molecule has 3 aromatic rings. The average molecular weight is 466 g/mol. The molecule has 0 saturated carbocycles. The summed E-state index contributed by atoms with van der Waals surface area (Å²) in [6, 6.07) is 8.73. The maximum Gasteiger partial charge on any atom is 0.270 e. The van der Waals surface area contributed by atoms with Crippen LogP contribution in [0, 0.1) is 10.1 Å². The molecule has 156 valence electrons. The van der Waals surface area contributed by atoms with E-state index >= 15 is 0 Å². The van der Waals surface area contributed by atoms with Crippen LogP contribution in [0.5, 0.6) is 0 Å². The molecule has 10 heteroatoms. The monoisotopic (exact) mass is 465 g/mol. The van der Waals surface area contributed by atoms with Gasteiger partial charge in [0.2, 0.25) is 0 Å². The number of nitro benzene ring substituents is 1. The molecular formula is C20H17Cl2N3O4S. The highest BCUT2D eigenvalue weighted by Crippen LogP contribution is 2.40. The van der Waals surface area contributed by atoms with Crippen molar-refractivity contribution in [3.05, 3.63) is 67.0 Å². The molecule has 0 aliphatic rings. The number of thiophene rings is 1. The Morgan fingerprint density at radius 2 is 1.80 bits per heavy atom. The number of nitro groups is 1. The van der Waals surface area contributed by atoms with Gasteiger partial charge in [-0.2, -0.15) is 0 Å². The first-order valence-corrected chi connectivity index (χ1v) is 10.3. The molecule has 1 aromatic heterocycles. The van der Waals surface area contributed by atoms with E-state index in [1.807, 2.05) is 20.8 Å². The van der Waals surface area contributed by atoms with Crippen LogP contribution in [0.15, 0.2) is 36.4 Å². The van der Waals surface area contributed by atoms with Gasteiger partial charge in [0.1, 0.15) is 4.88 Å². The Morgan fingerprint density at radius 3 is 2.43 bits per heavy atom. The maximum atomic E-state index is 12.7. The van der Waals surface area contributed by atoms with E-state index in [-0.39, 0.29) is 22.2 Å². The van der Waals surface area contributed by atoms with E-state index in [0.29, 0.717) is 25.7 Å². The molecule has 0 bridgehead atoms. The van der Waals surface area contributed by atoms with Gasteiger partial charge >= 0.3 is 0 Å². The lowest BCUT2D eigenvalue weighted by Gasteiger charge is -2.19. The van der Waals surface area contributed by atoms with E-state index < -0.39 is 16.4 Å². The average Bonchev–Trinajstić information content (AvgIpc) is 2.98. The number of halogens is 2. The van der Waals surface area contributed by atoms with Crippen molar-refractivity contribution >= 4 is 67.8 Å². The minimum Gasteiger partial charge on any atom is -0.347 e. The summed E-state index contributed by atoms with van der Waals surface area (Å²) in [7, 11) is 0. The predicted molar refractivity (Wildman–Crippen MR) is 120 cm³/mol. The first-order valence-electron chi connectivity index (χ1n) is 8.77. The number of anilines is 1. The zero-order chi connectivity index (χ0) is 22.2. The highest BCUT2D eigenvalue weighted by molar-refractivity contribution is 7.22. The third-order valence-electron chi connectivity index (χ3n) is 4.00. The molecule has 30 heavy (non-hydrogen) atoms. The summed E-state index contributed by atoms with van der Waals surface area (Å²) in [4.78, 5) is 36.1. The van der Waals surface area contributed by atoms with Crippen LogP contribution < -0.4 is 10.6 Å². The molecule has 0 aliphatic heterocycles. The van der Waals surface area contributed by atoms with Crippen molar-refractivity contribution in [2.75, 3.05) is 5.32 Å². The van der Waals surface area contributed by atoms with Gasteiger partial charge in [0.25, 0.3) is 17.5 Å². The van der Waals surface area contributed by atoms with E-state index in [2.05, 4.69) is 10.6 Å². The molecule has 0 atom stereocenters. The maximum absolute atomic E-state index is 12.7. The SMILES string of the molecule is CC(C)(C)NC(=O)c1sc2c(NC(=O)c3cc([N+](=O)[O-])ccc3Cl)cccc2c1Cl. The van der Waals surface area contributed by atoms with E-state index in [9.17, 15) is 19.7 Å². The number of non-ortho nitro benzene ring substituents is 1. The van der Waals surface area contributed by atoms with Gasteiger partial charge in [-0.25, -0.2) is 0 Å². The van der Waals surface area contributed by atoms with Crippen molar-refractivity contribution < 1.29 is 14.5 Å². The summed E-state index contributed by atoms with van der Waals surface area (Å²) < 4.78 is 0.608. The third kappa shape index (κ3) is 4.56. The van der Waals surface area contributed by atoms with Crippen LogP contribution in [0.1, 0.15) is 40.8 Å². The molecule has 0 spiro atoms. The second-order valence-electron chi connectivity index (χ2n) is 7.51. The van der Waals surface area contributed by atoms with Crippen LogP contribution in [-0.4, -0.2) is 22.3 Å². The van der Waals surface area contributed by atoms with Crippen LogP contribution in [0.25, 0.3) is 10.1 Å². The summed E-state index contributed by atoms with van der Waals surface area (Å²) >= 11 is 13.6. The highest BCUT2D eigenvalue weighted by Gasteiger charge is 2.23. The predicted octanol–water partition coefficient (Wildman–Crippen LogP) is 5.90. The number of amides is 2. The van der Waals surface area contributed by atoms with Crippen LogP contribution in [0.2, 0.25) is 10.0 Å². The first-order chi connectivity index (χ1) is 14.0. The Morgan fingerprint density at radius 1 is 1.10 bits per heavy atom. The number of rotatable bonds is 4. The molecule has 2 N–H and O–H groups in total. The Hall–Kier alpha value is -2.68. The number of benzene rings is 2. The molecule has 7 nitrogen and oxygen atoms in total. The van der Waals surface area contributed by atoms with E-state index in [1.54, 1.807) is 18.2 Å². The summed E-state index contributed by atoms with van der Waals surface area (Å²) in [6.45, 7) is 5.59. The number of carbonyl (C=O) groups is 2. The Labute approximate surface area is 186 Å². The number of hydrogen-bond donors (Lipinski definition) is 2. The fraction of sp³-hybridized carbons (Fsp3) is 0.200. The molecule has 0 aliphatic carbocycles. The second kappa shape index (κ2) is 8.22. The molecule has 0 unspecified atom stereocenters. The molecule has 0 radical (unpaired) electrons. The molecule has 2 aromatic carbocycles. The summed E-state index contributed by atoms with van der Waals surface area (Å²) in [5.74, 6) is -0.922. The lowest BCUT2D eigenvalue weighted by Crippen LogP contribution is -2.40. The van der Waals surface area contributed by atoms with Gasteiger partial charge in [-0.15, -0.1) is 11.3 Å². The van der Waals surface area contributed by atoms with Gasteiger partial charge in [0, 0.05) is 23.1 Å². The zero-order valence-corrected chi connectivity index (χ0v) is 18.5. The van der Waals surface area contributed by atoms with Crippen molar-refractivity contribution in [1.82, 2.24) is 5.32 Å². The summed E-state index contributed by atoms with van der Waals surface area (Å²) in [6.07, 6.45) is 0. The first kappa shape index (κ1) is 22.0. The number of fused-ring (bicyclic) bond motifs is 1. The van der Waals surface area contributed by atoms with Gasteiger partial charge < -0.3 is 10.6 Å². The number of nitrogens with one attached hydrogen (secondary N) is 2. The van der Waals surface area contributed by atoms with Gasteiger partial charge in [-0.3, -0.25) is 19.7 Å². The minimum absolute atomic E-state index is 0.0313. The quantitative estimate of drug-likeness (QED) is 0.369. The van der Waals surface area contributed by atoms with Crippen molar-refractivity contribution in [3.8, 4) is 0 Å². The lowest BCUT2D eigenvalue weighted by molar-refractivity contribution is -0.384. The van der Waals surface area contributed by atoms with Crippen molar-refractivity contribution in [2.24, 2.45) is 0 Å². The van der Waals surface area contributed by atoms with Crippen LogP contribution >= 0.6 is 34.5 Å². The van der Waals surface area contributed by atoms with Crippen molar-refractivity contribution in [2.45, 2.75) is 26.3 Å². The van der Waals surface area contributed by atoms with Gasteiger partial charge in [-0.1, -0.05) is 35.3 Å². The normalized spacial score (nSPS) is 11.4. The molecule has 0 fully saturated rings. The summed E-state index contributed by atoms with van der Waals surface area (Å²) in [5.41, 5.74) is -0.298. The molecule has 2 amide bonds. The van der Waals surface area contributed by atoms with Crippen LogP contribution in [-0.2, 0) is 0 Å². The van der Waals surface area contributed by atoms with Gasteiger partial charge in [-0.05, 0) is 32.9 Å². The Balaban J connectivity index is 1.99. The molecule has 0 saturated heterocycles. The fourth-order valence-electron chi connectivity index (χ4n) is 2.72. The zero-order valence-electron chi connectivity index (χ0n) is 16.2. The number of nitrogens with zero attached hydrogens (tertiary/aromatic N) is 1. The number of hydrogen-bond acceptors (Lipinski definition) is 5. The second-order valence-corrected chi connectivity index (χ2v) is 9.31. The summed E-state index contributed by atoms with van der Waals surface area (Å²) in [5, 5.41) is 17.6. The standard InChI is InChI=1S/C20H17Cl2N3O4S/c1-20(2,3)24-19(27)17-15(22)11-5-4-6-14(16(11)30-17)23-18(26)12-9-10(25(28)29)7-8-13(12)21/h4-9H,1-3H3,(H,23,26)(H,24,27). The molecule has 1 heterocycles. The van der Waals surface area contributed by atoms with Gasteiger partial charge in [0.05, 0.1) is 30.9 Å². The minimum atomic E-state index is -0.610. The fourth-order valence-corrected chi connectivity index (χ4v) is 4.40. The van der Waals surface area contributed by atoms with E-state index in [1.165, 1.54) is 12.1 Å². The topological polar surface area (TPSA) is 101 Å². The highest BCUT2D eigenvalue weighted by atomic mass is 35.5. The third-order valence-corrected chi connectivity index (χ3v) is 6.08. The smallest absolute Gasteiger partial charge is 0.270 e. The Bertz CT molecular complexity index is 1180. The molecule has 3 rings (SSSR count). The molecular weight excluding hydrogens is 449 g/mol. The van der Waals surface area contributed by atoms with Crippen LogP contribution in [0.4, 0.5) is 11.4 Å². The lowest BCUT2D eigenvalue weighted by atomic mass is 10.1. The van der Waals surface area contributed by atoms with Crippen molar-refractivity contribution in [1.29, 1.82) is 0 Å². The van der Waals surface area contributed by atoms with Gasteiger partial charge in [0.15, 0.2) is 0 Å². The Kier molecular flexibility index (Phi) is 6.03. The van der Waals surface area contributed by atoms with E-state index in [0.717, 1.165) is 17.4 Å². The number of carbonyl (C=O) groups excluding carboxylic acids is 2. The van der Waals surface area contributed by atoms with Crippen LogP contribution in [0.3, 0.4) is 0 Å². The van der Waals surface area contributed by atoms with Crippen molar-refractivity contribution in [3.63, 3.8) is 0 Å². The van der Waals surface area contributed by atoms with E-state index in [4.69, 9.17) is 23.2 Å². The largest absolute Gasteiger partial charge is 0.347 e.